The zero-order valence-corrected chi connectivity index (χ0v) is 66.7. The number of carbonyl (C=O) groups excluding carboxylic acids is 2. The van der Waals surface area contributed by atoms with Gasteiger partial charge in [0, 0.05) is 12.8 Å². The van der Waals surface area contributed by atoms with Gasteiger partial charge in [-0.1, -0.05) is 355 Å². The van der Waals surface area contributed by atoms with Gasteiger partial charge in [-0.25, -0.2) is 4.57 Å². The summed E-state index contributed by atoms with van der Waals surface area (Å²) in [6, 6.07) is 0. The van der Waals surface area contributed by atoms with Crippen molar-refractivity contribution < 1.29 is 42.1 Å². The van der Waals surface area contributed by atoms with Gasteiger partial charge in [0.1, 0.15) is 19.8 Å². The van der Waals surface area contributed by atoms with E-state index in [1.165, 1.54) is 122 Å². The van der Waals surface area contributed by atoms with Crippen molar-refractivity contribution >= 4 is 19.8 Å². The van der Waals surface area contributed by atoms with Crippen LogP contribution in [-0.2, 0) is 32.7 Å². The summed E-state index contributed by atoms with van der Waals surface area (Å²) in [5, 5.41) is 0. The standard InChI is InChI=1S/C92H150NO8P/c1-6-8-10-12-14-16-18-20-22-24-26-28-30-32-34-36-38-40-42-44-45-46-47-49-50-52-54-56-58-60-62-64-66-68-70-72-74-76-78-80-82-84-91(94)98-88-90(89-100-102(96,97)99-87-86-93(3,4)5)101-92(95)85-83-81-79-77-75-73-71-69-67-65-63-61-59-57-55-53-51-48-43-41-39-37-35-33-31-29-27-25-23-21-19-17-15-13-11-9-7-2/h8-11,14-17,20-23,26-29,32-35,38-41,44-45,47-49,51,55,57,61,63,90H,6-7,12-13,18-19,24-25,30-31,36-37,42-43,46,50,52-54,56,58-60,62,64-89H2,1-5H3/p+1/b10-8-,11-9-,16-14-,17-15-,22-20-,23-21-,28-26-,29-27-,34-32-,35-33-,40-38-,41-39-,45-44-,49-47-,51-48-,57-55-,63-61-. The molecule has 102 heavy (non-hydrogen) atoms. The maximum absolute atomic E-state index is 12.9. The second-order valence-electron chi connectivity index (χ2n) is 27.7. The van der Waals surface area contributed by atoms with Gasteiger partial charge >= 0.3 is 19.8 Å². The molecular formula is C92H151NO8P+. The Labute approximate surface area is 627 Å². The summed E-state index contributed by atoms with van der Waals surface area (Å²) >= 11 is 0. The van der Waals surface area contributed by atoms with Crippen molar-refractivity contribution in [2.24, 2.45) is 0 Å². The number of rotatable bonds is 73. The second kappa shape index (κ2) is 79.7. The summed E-state index contributed by atoms with van der Waals surface area (Å²) < 4.78 is 34.8. The summed E-state index contributed by atoms with van der Waals surface area (Å²) in [5.41, 5.74) is 0. The molecule has 0 aliphatic carbocycles. The summed E-state index contributed by atoms with van der Waals surface area (Å²) in [5.74, 6) is -0.809. The molecule has 0 aromatic rings. The van der Waals surface area contributed by atoms with Crippen LogP contribution in [-0.4, -0.2) is 74.9 Å². The first-order valence-corrected chi connectivity index (χ1v) is 42.3. The Kier molecular flexibility index (Phi) is 75.5. The maximum atomic E-state index is 12.9. The van der Waals surface area contributed by atoms with Gasteiger partial charge in [0.2, 0.25) is 0 Å². The van der Waals surface area contributed by atoms with Crippen molar-refractivity contribution in [3.05, 3.63) is 207 Å². The molecule has 0 fully saturated rings. The second-order valence-corrected chi connectivity index (χ2v) is 29.1. The number of likely N-dealkylation sites (N-methyl/N-ethyl adjacent to an activating group) is 1. The predicted octanol–water partition coefficient (Wildman–Crippen LogP) is 27.7. The molecule has 1 N–H and O–H groups in total. The van der Waals surface area contributed by atoms with Crippen molar-refractivity contribution in [3.8, 4) is 0 Å². The zero-order chi connectivity index (χ0) is 74.0. The highest BCUT2D eigenvalue weighted by molar-refractivity contribution is 7.47. The van der Waals surface area contributed by atoms with E-state index in [0.29, 0.717) is 17.4 Å². The van der Waals surface area contributed by atoms with E-state index in [0.717, 1.165) is 154 Å². The van der Waals surface area contributed by atoms with E-state index in [4.69, 9.17) is 18.5 Å². The molecule has 2 atom stereocenters. The lowest BCUT2D eigenvalue weighted by molar-refractivity contribution is -0.870. The summed E-state index contributed by atoms with van der Waals surface area (Å²) in [6.07, 6.45) is 125. The molecule has 2 unspecified atom stereocenters. The zero-order valence-electron chi connectivity index (χ0n) is 65.8. The molecule has 0 saturated carbocycles. The fourth-order valence-electron chi connectivity index (χ4n) is 10.7. The van der Waals surface area contributed by atoms with Gasteiger partial charge in [-0.05, 0) is 148 Å². The Balaban J connectivity index is 4.05. The lowest BCUT2D eigenvalue weighted by Gasteiger charge is -2.24. The Morgan fingerprint density at radius 1 is 0.304 bits per heavy atom. The molecular weight excluding hydrogens is 1280 g/mol. The van der Waals surface area contributed by atoms with Crippen LogP contribution in [0.1, 0.15) is 309 Å². The fraction of sp³-hybridized carbons (Fsp3) is 0.609. The van der Waals surface area contributed by atoms with Crippen LogP contribution in [0.25, 0.3) is 0 Å². The van der Waals surface area contributed by atoms with E-state index in [1.54, 1.807) is 0 Å². The highest BCUT2D eigenvalue weighted by Crippen LogP contribution is 2.43. The third-order valence-corrected chi connectivity index (χ3v) is 17.8. The first-order valence-electron chi connectivity index (χ1n) is 40.8. The van der Waals surface area contributed by atoms with Gasteiger partial charge in [-0.3, -0.25) is 18.6 Å². The normalized spacial score (nSPS) is 14.1. The number of phosphoric ester groups is 1. The molecule has 0 amide bonds. The molecule has 10 heteroatoms. The number of hydrogen-bond acceptors (Lipinski definition) is 7. The lowest BCUT2D eigenvalue weighted by atomic mass is 10.0. The molecule has 0 radical (unpaired) electrons. The fourth-order valence-corrected chi connectivity index (χ4v) is 11.4. The van der Waals surface area contributed by atoms with Crippen LogP contribution in [0.5, 0.6) is 0 Å². The number of carbonyl (C=O) groups is 2. The average molecular weight is 1430 g/mol. The van der Waals surface area contributed by atoms with Gasteiger partial charge in [0.15, 0.2) is 6.10 Å². The number of phosphoric acid groups is 1. The molecule has 0 spiro atoms. The van der Waals surface area contributed by atoms with Crippen molar-refractivity contribution in [1.82, 2.24) is 0 Å². The van der Waals surface area contributed by atoms with Crippen molar-refractivity contribution in [1.29, 1.82) is 0 Å². The Bertz CT molecular complexity index is 2480. The van der Waals surface area contributed by atoms with E-state index in [9.17, 15) is 19.0 Å². The Morgan fingerprint density at radius 2 is 0.529 bits per heavy atom. The van der Waals surface area contributed by atoms with Crippen molar-refractivity contribution in [3.63, 3.8) is 0 Å². The van der Waals surface area contributed by atoms with Crippen LogP contribution in [0.15, 0.2) is 207 Å². The van der Waals surface area contributed by atoms with Crippen molar-refractivity contribution in [2.75, 3.05) is 47.5 Å². The molecule has 9 nitrogen and oxygen atoms in total. The van der Waals surface area contributed by atoms with Gasteiger partial charge in [-0.15, -0.1) is 0 Å². The van der Waals surface area contributed by atoms with E-state index < -0.39 is 26.5 Å². The molecule has 0 aliphatic rings. The van der Waals surface area contributed by atoms with E-state index >= 15 is 0 Å². The quantitative estimate of drug-likeness (QED) is 0.0211. The molecule has 0 aromatic heterocycles. The van der Waals surface area contributed by atoms with E-state index in [1.807, 2.05) is 21.1 Å². The number of ether oxygens (including phenoxy) is 2. The first-order chi connectivity index (χ1) is 50.0. The van der Waals surface area contributed by atoms with Crippen LogP contribution >= 0.6 is 7.82 Å². The minimum atomic E-state index is -4.41. The van der Waals surface area contributed by atoms with Crippen LogP contribution in [0.3, 0.4) is 0 Å². The van der Waals surface area contributed by atoms with Crippen LogP contribution in [0.4, 0.5) is 0 Å². The molecule has 0 heterocycles. The van der Waals surface area contributed by atoms with Crippen molar-refractivity contribution in [2.45, 2.75) is 315 Å². The number of nitrogens with zero attached hydrogens (tertiary/aromatic N) is 1. The van der Waals surface area contributed by atoms with Gasteiger partial charge < -0.3 is 18.9 Å². The first kappa shape index (κ1) is 96.6. The number of hydrogen-bond donors (Lipinski definition) is 1. The third-order valence-electron chi connectivity index (χ3n) is 16.8. The van der Waals surface area contributed by atoms with E-state index in [-0.39, 0.29) is 32.0 Å². The molecule has 0 aliphatic heterocycles. The number of unbranched alkanes of at least 4 members (excludes halogenated alkanes) is 25. The SMILES string of the molecule is CC/C=C\C/C=C\C/C=C\C/C=C\C/C=C\C/C=C\C/C=C\C/C=C\C/C=C\CCCCCCCCCCCC(=O)OC(COC(=O)CCCCCCCCCCCCCCCCCC/C=C\C/C=C\C/C=C\C/C=C\C/C=C\C/C=C\C/C=C\C/C=C\CC)COP(=O)(O)OCC[N+](C)(C)C. The molecule has 0 rings (SSSR count). The molecule has 0 bridgehead atoms. The Hall–Kier alpha value is -5.41. The average Bonchev–Trinajstić information content (AvgIpc) is 0.913. The minimum absolute atomic E-state index is 0.0219. The van der Waals surface area contributed by atoms with Gasteiger partial charge in [-0.2, -0.15) is 0 Å². The topological polar surface area (TPSA) is 108 Å². The Morgan fingerprint density at radius 3 is 0.784 bits per heavy atom. The van der Waals surface area contributed by atoms with E-state index in [2.05, 4.69) is 220 Å². The third kappa shape index (κ3) is 83.5. The molecule has 0 aromatic carbocycles. The minimum Gasteiger partial charge on any atom is -0.462 e. The van der Waals surface area contributed by atoms with Crippen LogP contribution in [0.2, 0.25) is 0 Å². The lowest BCUT2D eigenvalue weighted by Crippen LogP contribution is -2.37. The van der Waals surface area contributed by atoms with Crippen LogP contribution in [0, 0.1) is 0 Å². The largest absolute Gasteiger partial charge is 0.472 e. The maximum Gasteiger partial charge on any atom is 0.472 e. The molecule has 576 valence electrons. The van der Waals surface area contributed by atoms with Gasteiger partial charge in [0.05, 0.1) is 27.7 Å². The summed E-state index contributed by atoms with van der Waals surface area (Å²) in [6.45, 7) is 4.20. The predicted molar refractivity (Wildman–Crippen MR) is 445 cm³/mol. The summed E-state index contributed by atoms with van der Waals surface area (Å²) in [7, 11) is 1.46. The highest BCUT2D eigenvalue weighted by atomic mass is 31.2. The monoisotopic (exact) mass is 1430 g/mol. The smallest absolute Gasteiger partial charge is 0.462 e. The number of esters is 2. The highest BCUT2D eigenvalue weighted by Gasteiger charge is 2.27. The number of allylic oxidation sites excluding steroid dienone is 34. The number of quaternary nitrogens is 1. The summed E-state index contributed by atoms with van der Waals surface area (Å²) in [4.78, 5) is 36.0. The molecule has 0 saturated heterocycles. The van der Waals surface area contributed by atoms with Crippen LogP contribution < -0.4 is 0 Å². The van der Waals surface area contributed by atoms with Gasteiger partial charge in [0.25, 0.3) is 0 Å².